The zero-order valence-corrected chi connectivity index (χ0v) is 9.01. The molecule has 2 unspecified atom stereocenters. The Kier molecular flexibility index (Phi) is 2.59. The molecule has 2 atom stereocenters. The minimum Gasteiger partial charge on any atom is -0.508 e. The standard InChI is InChI=1S/C12H14O4/c1-12(8-3-2-4-9(13)7-8)10(11(14)15)5-6-16-12/h2-4,7,10,13H,5-6H2,1H3,(H,14,15). The average molecular weight is 222 g/mol. The number of phenols is 1. The lowest BCUT2D eigenvalue weighted by molar-refractivity contribution is -0.148. The Morgan fingerprint density at radius 3 is 2.94 bits per heavy atom. The van der Waals surface area contributed by atoms with E-state index >= 15 is 0 Å². The molecule has 0 saturated carbocycles. The van der Waals surface area contributed by atoms with Crippen molar-refractivity contribution in [1.82, 2.24) is 0 Å². The second-order valence-electron chi connectivity index (χ2n) is 4.19. The lowest BCUT2D eigenvalue weighted by atomic mass is 9.83. The van der Waals surface area contributed by atoms with Gasteiger partial charge >= 0.3 is 5.97 Å². The quantitative estimate of drug-likeness (QED) is 0.799. The van der Waals surface area contributed by atoms with Gasteiger partial charge in [0.1, 0.15) is 11.4 Å². The Morgan fingerprint density at radius 2 is 2.31 bits per heavy atom. The molecular formula is C12H14O4. The van der Waals surface area contributed by atoms with Gasteiger partial charge in [0.15, 0.2) is 0 Å². The summed E-state index contributed by atoms with van der Waals surface area (Å²) in [7, 11) is 0. The van der Waals surface area contributed by atoms with Gasteiger partial charge in [0, 0.05) is 6.61 Å². The molecular weight excluding hydrogens is 208 g/mol. The molecule has 86 valence electrons. The number of phenolic OH excluding ortho intramolecular Hbond substituents is 1. The fourth-order valence-corrected chi connectivity index (χ4v) is 2.22. The Hall–Kier alpha value is -1.55. The van der Waals surface area contributed by atoms with Crippen molar-refractivity contribution in [3.8, 4) is 5.75 Å². The van der Waals surface area contributed by atoms with Crippen LogP contribution in [0.3, 0.4) is 0 Å². The molecule has 0 bridgehead atoms. The topological polar surface area (TPSA) is 66.8 Å². The molecule has 1 saturated heterocycles. The largest absolute Gasteiger partial charge is 0.508 e. The summed E-state index contributed by atoms with van der Waals surface area (Å²) in [6, 6.07) is 6.58. The van der Waals surface area contributed by atoms with Gasteiger partial charge in [0.05, 0.1) is 5.92 Å². The molecule has 4 heteroatoms. The first-order valence-corrected chi connectivity index (χ1v) is 5.20. The summed E-state index contributed by atoms with van der Waals surface area (Å²) in [5.74, 6) is -1.30. The van der Waals surface area contributed by atoms with Gasteiger partial charge in [-0.2, -0.15) is 0 Å². The van der Waals surface area contributed by atoms with E-state index in [4.69, 9.17) is 9.84 Å². The van der Waals surface area contributed by atoms with Crippen molar-refractivity contribution in [2.45, 2.75) is 18.9 Å². The first-order valence-electron chi connectivity index (χ1n) is 5.20. The van der Waals surface area contributed by atoms with Crippen molar-refractivity contribution in [1.29, 1.82) is 0 Å². The normalized spacial score (nSPS) is 29.2. The van der Waals surface area contributed by atoms with Crippen LogP contribution in [0.5, 0.6) is 5.75 Å². The summed E-state index contributed by atoms with van der Waals surface area (Å²) in [4.78, 5) is 11.1. The van der Waals surface area contributed by atoms with Crippen molar-refractivity contribution in [2.75, 3.05) is 6.61 Å². The maximum absolute atomic E-state index is 11.1. The maximum atomic E-state index is 11.1. The molecule has 1 aromatic carbocycles. The predicted molar refractivity (Wildman–Crippen MR) is 57.2 cm³/mol. The summed E-state index contributed by atoms with van der Waals surface area (Å²) >= 11 is 0. The molecule has 2 rings (SSSR count). The fourth-order valence-electron chi connectivity index (χ4n) is 2.22. The van der Waals surface area contributed by atoms with Crippen LogP contribution in [0, 0.1) is 5.92 Å². The Bertz CT molecular complexity index is 415. The highest BCUT2D eigenvalue weighted by Crippen LogP contribution is 2.41. The number of aliphatic carboxylic acids is 1. The third-order valence-corrected chi connectivity index (χ3v) is 3.19. The maximum Gasteiger partial charge on any atom is 0.309 e. The van der Waals surface area contributed by atoms with Gasteiger partial charge in [-0.25, -0.2) is 0 Å². The van der Waals surface area contributed by atoms with E-state index in [9.17, 15) is 9.90 Å². The number of carbonyl (C=O) groups is 1. The minimum atomic E-state index is -0.858. The van der Waals surface area contributed by atoms with Crippen molar-refractivity contribution in [3.05, 3.63) is 29.8 Å². The molecule has 4 nitrogen and oxygen atoms in total. The van der Waals surface area contributed by atoms with Crippen LogP contribution < -0.4 is 0 Å². The third-order valence-electron chi connectivity index (χ3n) is 3.19. The van der Waals surface area contributed by atoms with E-state index in [0.29, 0.717) is 18.6 Å². The molecule has 2 N–H and O–H groups in total. The van der Waals surface area contributed by atoms with Crippen LogP contribution in [0.25, 0.3) is 0 Å². The van der Waals surface area contributed by atoms with E-state index < -0.39 is 17.5 Å². The monoisotopic (exact) mass is 222 g/mol. The highest BCUT2D eigenvalue weighted by Gasteiger charge is 2.46. The van der Waals surface area contributed by atoms with Gasteiger partial charge < -0.3 is 14.9 Å². The van der Waals surface area contributed by atoms with Crippen LogP contribution in [-0.4, -0.2) is 22.8 Å². The van der Waals surface area contributed by atoms with E-state index in [1.165, 1.54) is 0 Å². The van der Waals surface area contributed by atoms with Gasteiger partial charge in [-0.1, -0.05) is 12.1 Å². The van der Waals surface area contributed by atoms with Crippen LogP contribution in [0.15, 0.2) is 24.3 Å². The van der Waals surface area contributed by atoms with E-state index in [1.807, 2.05) is 0 Å². The smallest absolute Gasteiger partial charge is 0.309 e. The summed E-state index contributed by atoms with van der Waals surface area (Å²) in [6.45, 7) is 2.19. The van der Waals surface area contributed by atoms with Gasteiger partial charge in [-0.3, -0.25) is 4.79 Å². The Labute approximate surface area is 93.5 Å². The molecule has 1 aromatic rings. The van der Waals surface area contributed by atoms with Gasteiger partial charge in [0.25, 0.3) is 0 Å². The first-order chi connectivity index (χ1) is 7.54. The summed E-state index contributed by atoms with van der Waals surface area (Å²) in [6.07, 6.45) is 0.501. The second-order valence-corrected chi connectivity index (χ2v) is 4.19. The molecule has 1 aliphatic heterocycles. The zero-order valence-electron chi connectivity index (χ0n) is 9.01. The molecule has 16 heavy (non-hydrogen) atoms. The van der Waals surface area contributed by atoms with Crippen LogP contribution in [-0.2, 0) is 15.1 Å². The third kappa shape index (κ3) is 1.65. The number of rotatable bonds is 2. The molecule has 0 aromatic heterocycles. The number of benzene rings is 1. The van der Waals surface area contributed by atoms with Gasteiger partial charge in [-0.15, -0.1) is 0 Å². The van der Waals surface area contributed by atoms with Gasteiger partial charge in [-0.05, 0) is 31.0 Å². The van der Waals surface area contributed by atoms with E-state index in [1.54, 1.807) is 31.2 Å². The number of ether oxygens (including phenoxy) is 1. The second kappa shape index (κ2) is 3.79. The zero-order chi connectivity index (χ0) is 11.8. The van der Waals surface area contributed by atoms with E-state index in [0.717, 1.165) is 0 Å². The van der Waals surface area contributed by atoms with Crippen molar-refractivity contribution in [2.24, 2.45) is 5.92 Å². The highest BCUT2D eigenvalue weighted by atomic mass is 16.5. The average Bonchev–Trinajstić information content (AvgIpc) is 2.62. The molecule has 0 aliphatic carbocycles. The van der Waals surface area contributed by atoms with Crippen LogP contribution in [0.2, 0.25) is 0 Å². The molecule has 1 fully saturated rings. The summed E-state index contributed by atoms with van der Waals surface area (Å²) < 4.78 is 5.56. The molecule has 0 amide bonds. The number of aromatic hydroxyl groups is 1. The molecule has 0 spiro atoms. The fraction of sp³-hybridized carbons (Fsp3) is 0.417. The highest BCUT2D eigenvalue weighted by molar-refractivity contribution is 5.72. The van der Waals surface area contributed by atoms with Crippen LogP contribution in [0.4, 0.5) is 0 Å². The van der Waals surface area contributed by atoms with Crippen molar-refractivity contribution >= 4 is 5.97 Å². The molecule has 1 heterocycles. The molecule has 0 radical (unpaired) electrons. The van der Waals surface area contributed by atoms with Crippen LogP contribution in [0.1, 0.15) is 18.9 Å². The Morgan fingerprint density at radius 1 is 1.56 bits per heavy atom. The van der Waals surface area contributed by atoms with E-state index in [-0.39, 0.29) is 5.75 Å². The number of carboxylic acid groups (broad SMARTS) is 1. The number of carboxylic acids is 1. The lowest BCUT2D eigenvalue weighted by Gasteiger charge is -2.28. The lowest BCUT2D eigenvalue weighted by Crippen LogP contribution is -2.33. The SMILES string of the molecule is CC1(c2cccc(O)c2)OCCC1C(=O)O. The van der Waals surface area contributed by atoms with Crippen molar-refractivity contribution < 1.29 is 19.7 Å². The first kappa shape index (κ1) is 11.0. The summed E-state index contributed by atoms with van der Waals surface area (Å²) in [5.41, 5.74) is -0.137. The van der Waals surface area contributed by atoms with Gasteiger partial charge in [0.2, 0.25) is 0 Å². The van der Waals surface area contributed by atoms with Crippen LogP contribution >= 0.6 is 0 Å². The minimum absolute atomic E-state index is 0.123. The van der Waals surface area contributed by atoms with E-state index in [2.05, 4.69) is 0 Å². The Balaban J connectivity index is 2.41. The van der Waals surface area contributed by atoms with Crippen molar-refractivity contribution in [3.63, 3.8) is 0 Å². The predicted octanol–water partition coefficient (Wildman–Crippen LogP) is 1.73. The number of hydrogen-bond acceptors (Lipinski definition) is 3. The number of hydrogen-bond donors (Lipinski definition) is 2. The molecule has 1 aliphatic rings. The summed E-state index contributed by atoms with van der Waals surface area (Å²) in [5, 5.41) is 18.5.